The summed E-state index contributed by atoms with van der Waals surface area (Å²) in [6.07, 6.45) is 6.76. The SMILES string of the molecule is COc1ccc(S(=O)(=O)N(C)C[C@H]2OCCCC[C@H](C)Oc3ccc(NC(=O)NC4CCCCC4)cc3C(=O)N([C@@H](C)CO)C[C@H]2C)cc1. The zero-order chi connectivity index (χ0) is 35.6. The predicted octanol–water partition coefficient (Wildman–Crippen LogP) is 5.27. The molecule has 0 spiro atoms. The van der Waals surface area contributed by atoms with Crippen molar-refractivity contribution in [2.75, 3.05) is 45.8 Å². The van der Waals surface area contributed by atoms with Crippen LogP contribution in [-0.2, 0) is 14.8 Å². The van der Waals surface area contributed by atoms with E-state index in [0.29, 0.717) is 30.2 Å². The fourth-order valence-electron chi connectivity index (χ4n) is 6.34. The van der Waals surface area contributed by atoms with E-state index in [0.717, 1.165) is 38.5 Å². The number of aliphatic hydroxyl groups is 1. The van der Waals surface area contributed by atoms with E-state index >= 15 is 0 Å². The molecular formula is C36H54N4O8S. The van der Waals surface area contributed by atoms with E-state index in [-0.39, 0.29) is 60.2 Å². The highest BCUT2D eigenvalue weighted by atomic mass is 32.2. The second-order valence-corrected chi connectivity index (χ2v) is 15.5. The Morgan fingerprint density at radius 1 is 1.06 bits per heavy atom. The molecule has 272 valence electrons. The number of hydrogen-bond acceptors (Lipinski definition) is 8. The van der Waals surface area contributed by atoms with Crippen LogP contribution in [0.5, 0.6) is 11.5 Å². The molecule has 1 fully saturated rings. The number of anilines is 1. The molecule has 2 aromatic carbocycles. The molecule has 1 heterocycles. The van der Waals surface area contributed by atoms with E-state index in [4.69, 9.17) is 14.2 Å². The maximum Gasteiger partial charge on any atom is 0.319 e. The number of nitrogens with one attached hydrogen (secondary N) is 2. The normalized spacial score (nSPS) is 22.4. The van der Waals surface area contributed by atoms with E-state index in [1.807, 2.05) is 13.8 Å². The van der Waals surface area contributed by atoms with Gasteiger partial charge in [-0.15, -0.1) is 0 Å². The number of carbonyl (C=O) groups is 2. The Labute approximate surface area is 291 Å². The van der Waals surface area contributed by atoms with Crippen molar-refractivity contribution in [3.8, 4) is 11.5 Å². The summed E-state index contributed by atoms with van der Waals surface area (Å²) in [6, 6.07) is 10.5. The number of urea groups is 1. The molecule has 3 N–H and O–H groups in total. The van der Waals surface area contributed by atoms with E-state index < -0.39 is 22.2 Å². The van der Waals surface area contributed by atoms with Gasteiger partial charge in [0.05, 0.1) is 42.4 Å². The number of likely N-dealkylation sites (N-methyl/N-ethyl adjacent to an activating group) is 1. The zero-order valence-electron chi connectivity index (χ0n) is 29.5. The van der Waals surface area contributed by atoms with Crippen LogP contribution in [-0.4, -0.2) is 99.4 Å². The number of aliphatic hydroxyl groups excluding tert-OH is 1. The van der Waals surface area contributed by atoms with Gasteiger partial charge in [0, 0.05) is 44.4 Å². The summed E-state index contributed by atoms with van der Waals surface area (Å²) in [6.45, 7) is 5.99. The number of carbonyl (C=O) groups excluding carboxylic acids is 2. The lowest BCUT2D eigenvalue weighted by Crippen LogP contribution is -2.48. The molecule has 0 radical (unpaired) electrons. The first-order valence-corrected chi connectivity index (χ1v) is 18.9. The van der Waals surface area contributed by atoms with E-state index in [2.05, 4.69) is 10.6 Å². The van der Waals surface area contributed by atoms with Crippen LogP contribution in [0.2, 0.25) is 0 Å². The molecule has 1 aliphatic heterocycles. The molecular weight excluding hydrogens is 648 g/mol. The Morgan fingerprint density at radius 2 is 1.76 bits per heavy atom. The molecule has 2 aliphatic rings. The average molecular weight is 703 g/mol. The van der Waals surface area contributed by atoms with Crippen molar-refractivity contribution in [2.45, 2.75) is 101 Å². The van der Waals surface area contributed by atoms with Gasteiger partial charge in [0.2, 0.25) is 10.0 Å². The first kappa shape index (κ1) is 38.4. The summed E-state index contributed by atoms with van der Waals surface area (Å²) in [4.78, 5) is 29.0. The number of nitrogens with zero attached hydrogens (tertiary/aromatic N) is 2. The summed E-state index contributed by atoms with van der Waals surface area (Å²) in [5, 5.41) is 16.2. The smallest absolute Gasteiger partial charge is 0.319 e. The lowest BCUT2D eigenvalue weighted by Gasteiger charge is -2.35. The third-order valence-electron chi connectivity index (χ3n) is 9.45. The van der Waals surface area contributed by atoms with E-state index in [1.54, 1.807) is 42.2 Å². The highest BCUT2D eigenvalue weighted by molar-refractivity contribution is 7.89. The molecule has 4 atom stereocenters. The third kappa shape index (κ3) is 10.6. The molecule has 0 saturated heterocycles. The zero-order valence-corrected chi connectivity index (χ0v) is 30.3. The average Bonchev–Trinajstić information content (AvgIpc) is 3.09. The van der Waals surface area contributed by atoms with Crippen LogP contribution < -0.4 is 20.1 Å². The Morgan fingerprint density at radius 3 is 2.43 bits per heavy atom. The summed E-state index contributed by atoms with van der Waals surface area (Å²) in [5.41, 5.74) is 0.720. The molecule has 1 saturated carbocycles. The molecule has 1 aliphatic carbocycles. The summed E-state index contributed by atoms with van der Waals surface area (Å²) in [5.74, 6) is 0.259. The minimum absolute atomic E-state index is 0.0609. The van der Waals surface area contributed by atoms with Crippen molar-refractivity contribution in [2.24, 2.45) is 5.92 Å². The van der Waals surface area contributed by atoms with Gasteiger partial charge in [0.15, 0.2) is 0 Å². The summed E-state index contributed by atoms with van der Waals surface area (Å²) in [7, 11) is -0.801. The van der Waals surface area contributed by atoms with Gasteiger partial charge in [-0.05, 0) is 88.4 Å². The lowest BCUT2D eigenvalue weighted by atomic mass is 9.96. The Bertz CT molecular complexity index is 1480. The van der Waals surface area contributed by atoms with Crippen LogP contribution in [0.15, 0.2) is 47.4 Å². The number of rotatable bonds is 9. The topological polar surface area (TPSA) is 147 Å². The van der Waals surface area contributed by atoms with Crippen LogP contribution in [0.3, 0.4) is 0 Å². The Balaban J connectivity index is 1.60. The van der Waals surface area contributed by atoms with Gasteiger partial charge in [-0.3, -0.25) is 4.79 Å². The lowest BCUT2D eigenvalue weighted by molar-refractivity contribution is -0.00834. The number of sulfonamides is 1. The number of amides is 3. The largest absolute Gasteiger partial charge is 0.497 e. The van der Waals surface area contributed by atoms with E-state index in [9.17, 15) is 23.1 Å². The van der Waals surface area contributed by atoms with Crippen molar-refractivity contribution >= 4 is 27.6 Å². The maximum absolute atomic E-state index is 14.4. The maximum atomic E-state index is 14.4. The number of hydrogen-bond donors (Lipinski definition) is 3. The van der Waals surface area contributed by atoms with Crippen LogP contribution in [0.25, 0.3) is 0 Å². The first-order valence-electron chi connectivity index (χ1n) is 17.4. The van der Waals surface area contributed by atoms with Gasteiger partial charge in [0.1, 0.15) is 11.5 Å². The molecule has 4 rings (SSSR count). The van der Waals surface area contributed by atoms with Gasteiger partial charge in [0.25, 0.3) is 5.91 Å². The Kier molecular flexibility index (Phi) is 14.1. The molecule has 3 amide bonds. The predicted molar refractivity (Wildman–Crippen MR) is 189 cm³/mol. The summed E-state index contributed by atoms with van der Waals surface area (Å²) < 4.78 is 46.1. The quantitative estimate of drug-likeness (QED) is 0.321. The minimum atomic E-state index is -3.84. The van der Waals surface area contributed by atoms with Crippen molar-refractivity contribution < 1.29 is 37.3 Å². The van der Waals surface area contributed by atoms with Gasteiger partial charge in [-0.25, -0.2) is 13.2 Å². The molecule has 0 aromatic heterocycles. The first-order chi connectivity index (χ1) is 23.4. The highest BCUT2D eigenvalue weighted by Crippen LogP contribution is 2.29. The molecule has 0 bridgehead atoms. The molecule has 49 heavy (non-hydrogen) atoms. The third-order valence-corrected chi connectivity index (χ3v) is 11.3. The highest BCUT2D eigenvalue weighted by Gasteiger charge is 2.32. The number of methoxy groups -OCH3 is 1. The van der Waals surface area contributed by atoms with Crippen molar-refractivity contribution in [1.82, 2.24) is 14.5 Å². The van der Waals surface area contributed by atoms with Crippen LogP contribution >= 0.6 is 0 Å². The fraction of sp³-hybridized carbons (Fsp3) is 0.611. The molecule has 0 unspecified atom stereocenters. The standard InChI is InChI=1S/C36H54N4O8S/c1-25-22-40(26(2)24-41)35(42)32-21-29(38-36(43)37-28-12-7-6-8-13-28)14-19-33(32)48-27(3)11-9-10-20-47-34(25)23-39(4)49(44,45)31-17-15-30(46-5)16-18-31/h14-19,21,25-28,34,41H,6-13,20,22-24H2,1-5H3,(H2,37,38,43)/t25-,26+,27+,34-/m1/s1. The fourth-order valence-corrected chi connectivity index (χ4v) is 7.52. The van der Waals surface area contributed by atoms with E-state index in [1.165, 1.54) is 37.0 Å². The van der Waals surface area contributed by atoms with Crippen molar-refractivity contribution in [3.63, 3.8) is 0 Å². The van der Waals surface area contributed by atoms with Gasteiger partial charge < -0.3 is 34.9 Å². The van der Waals surface area contributed by atoms with Gasteiger partial charge in [-0.2, -0.15) is 4.31 Å². The number of benzene rings is 2. The second-order valence-electron chi connectivity index (χ2n) is 13.4. The molecule has 12 nitrogen and oxygen atoms in total. The minimum Gasteiger partial charge on any atom is -0.497 e. The van der Waals surface area contributed by atoms with Crippen molar-refractivity contribution in [1.29, 1.82) is 0 Å². The second kappa shape index (κ2) is 18.0. The Hall–Kier alpha value is -3.39. The van der Waals surface area contributed by atoms with Crippen molar-refractivity contribution in [3.05, 3.63) is 48.0 Å². The molecule has 13 heteroatoms. The number of ether oxygens (including phenoxy) is 3. The monoisotopic (exact) mass is 702 g/mol. The van der Waals surface area contributed by atoms with Gasteiger partial charge >= 0.3 is 6.03 Å². The van der Waals surface area contributed by atoms with Crippen LogP contribution in [0.1, 0.15) is 82.5 Å². The summed E-state index contributed by atoms with van der Waals surface area (Å²) >= 11 is 0. The number of fused-ring (bicyclic) bond motifs is 1. The molecule has 2 aromatic rings. The van der Waals surface area contributed by atoms with Crippen LogP contribution in [0.4, 0.5) is 10.5 Å². The van der Waals surface area contributed by atoms with Crippen LogP contribution in [0, 0.1) is 5.92 Å². The van der Waals surface area contributed by atoms with Gasteiger partial charge in [-0.1, -0.05) is 26.2 Å².